The number of hydrogen-bond donors (Lipinski definition) is 2. The van der Waals surface area contributed by atoms with Gasteiger partial charge in [-0.15, -0.1) is 0 Å². The number of allylic oxidation sites excluding steroid dienone is 2. The van der Waals surface area contributed by atoms with E-state index in [0.717, 1.165) is 34.0 Å². The molecule has 3 heteroatoms. The van der Waals surface area contributed by atoms with E-state index in [4.69, 9.17) is 5.11 Å². The Hall–Kier alpha value is -2.86. The molecule has 31 heavy (non-hydrogen) atoms. The van der Waals surface area contributed by atoms with Crippen LogP contribution in [0.1, 0.15) is 17.5 Å². The maximum atomic E-state index is 9.86. The first-order valence-corrected chi connectivity index (χ1v) is 12.3. The van der Waals surface area contributed by atoms with Crippen molar-refractivity contribution in [3.8, 4) is 11.8 Å². The molecule has 0 aliphatic heterocycles. The van der Waals surface area contributed by atoms with Crippen molar-refractivity contribution in [3.63, 3.8) is 0 Å². The van der Waals surface area contributed by atoms with Gasteiger partial charge in [0.05, 0.1) is 0 Å². The van der Waals surface area contributed by atoms with Gasteiger partial charge >= 0.3 is 191 Å². The Balaban J connectivity index is 2.07. The van der Waals surface area contributed by atoms with Crippen molar-refractivity contribution in [2.75, 3.05) is 13.2 Å². The molecular weight excluding hydrogens is 447 g/mol. The van der Waals surface area contributed by atoms with Crippen LogP contribution in [0, 0.1) is 11.8 Å². The van der Waals surface area contributed by atoms with Crippen molar-refractivity contribution in [1.82, 2.24) is 0 Å². The summed E-state index contributed by atoms with van der Waals surface area (Å²) < 4.78 is 1.38. The molecular formula is C28H26O2Se. The van der Waals surface area contributed by atoms with Crippen molar-refractivity contribution in [3.05, 3.63) is 119 Å². The van der Waals surface area contributed by atoms with Crippen LogP contribution in [-0.4, -0.2) is 38.4 Å². The minimum atomic E-state index is -0.224. The Bertz CT molecular complexity index is 1020. The fraction of sp³-hybridized carbons (Fsp3) is 0.143. The Kier molecular flexibility index (Phi) is 9.38. The number of aliphatic hydroxyl groups is 2. The maximum absolute atomic E-state index is 9.86. The molecule has 0 atom stereocenters. The van der Waals surface area contributed by atoms with Gasteiger partial charge in [0.25, 0.3) is 0 Å². The van der Waals surface area contributed by atoms with Crippen LogP contribution in [0.3, 0.4) is 0 Å². The normalized spacial score (nSPS) is 10.8. The summed E-state index contributed by atoms with van der Waals surface area (Å²) >= 11 is 0.356. The molecule has 0 saturated carbocycles. The molecule has 0 unspecified atom stereocenters. The van der Waals surface area contributed by atoms with Gasteiger partial charge in [0, 0.05) is 0 Å². The van der Waals surface area contributed by atoms with Gasteiger partial charge in [-0.25, -0.2) is 0 Å². The third kappa shape index (κ3) is 7.10. The molecule has 0 fully saturated rings. The summed E-state index contributed by atoms with van der Waals surface area (Å²) in [7, 11) is 0. The Labute approximate surface area is 191 Å². The van der Waals surface area contributed by atoms with Crippen molar-refractivity contribution in [1.29, 1.82) is 0 Å². The third-order valence-electron chi connectivity index (χ3n) is 4.68. The molecule has 2 nitrogen and oxygen atoms in total. The molecule has 0 saturated heterocycles. The van der Waals surface area contributed by atoms with Gasteiger partial charge in [0.15, 0.2) is 0 Å². The second kappa shape index (κ2) is 12.7. The van der Waals surface area contributed by atoms with Gasteiger partial charge in [0.2, 0.25) is 0 Å². The summed E-state index contributed by atoms with van der Waals surface area (Å²) in [6.07, 6.45) is 2.87. The molecule has 156 valence electrons. The van der Waals surface area contributed by atoms with Crippen molar-refractivity contribution in [2.45, 2.75) is 11.7 Å². The molecule has 3 aromatic rings. The van der Waals surface area contributed by atoms with Gasteiger partial charge in [-0.1, -0.05) is 0 Å². The molecule has 0 spiro atoms. The van der Waals surface area contributed by atoms with Crippen LogP contribution in [0.25, 0.3) is 5.57 Å². The van der Waals surface area contributed by atoms with Gasteiger partial charge in [0.1, 0.15) is 0 Å². The van der Waals surface area contributed by atoms with Gasteiger partial charge in [-0.3, -0.25) is 0 Å². The number of aliphatic hydroxyl groups excluding tert-OH is 2. The topological polar surface area (TPSA) is 40.5 Å². The first-order valence-electron chi connectivity index (χ1n) is 10.2. The zero-order valence-electron chi connectivity index (χ0n) is 17.4. The number of rotatable bonds is 8. The second-order valence-corrected chi connectivity index (χ2v) is 9.28. The zero-order valence-corrected chi connectivity index (χ0v) is 19.1. The van der Waals surface area contributed by atoms with Crippen LogP contribution in [0.4, 0.5) is 0 Å². The van der Waals surface area contributed by atoms with E-state index in [1.807, 2.05) is 48.5 Å². The van der Waals surface area contributed by atoms with E-state index in [0.29, 0.717) is 20.5 Å². The summed E-state index contributed by atoms with van der Waals surface area (Å²) in [5.74, 6) is 5.56. The van der Waals surface area contributed by atoms with Crippen LogP contribution in [0.15, 0.2) is 108 Å². The van der Waals surface area contributed by atoms with Gasteiger partial charge < -0.3 is 0 Å². The molecule has 3 rings (SSSR count). The standard InChI is InChI=1S/C28H26O2Se/c29-19-10-11-23(22-30)21-26(18-20-31-27-16-8-3-9-17-27)28(24-12-4-1-5-13-24)25-14-6-2-7-15-25/h1-9,12-17,21,29-30H,18-20,22H2/b23-21+. The van der Waals surface area contributed by atoms with E-state index in [2.05, 4.69) is 60.4 Å². The monoisotopic (exact) mass is 474 g/mol. The summed E-state index contributed by atoms with van der Waals surface area (Å²) in [5.41, 5.74) is 5.19. The molecule has 0 aliphatic carbocycles. The Morgan fingerprint density at radius 3 is 1.84 bits per heavy atom. The van der Waals surface area contributed by atoms with Crippen LogP contribution >= 0.6 is 0 Å². The van der Waals surface area contributed by atoms with Crippen molar-refractivity contribution >= 4 is 25.0 Å². The van der Waals surface area contributed by atoms with E-state index in [1.165, 1.54) is 4.46 Å². The molecule has 0 aliphatic rings. The van der Waals surface area contributed by atoms with Crippen LogP contribution in [0.5, 0.6) is 0 Å². The predicted octanol–water partition coefficient (Wildman–Crippen LogP) is 4.24. The van der Waals surface area contributed by atoms with Gasteiger partial charge in [-0.2, -0.15) is 0 Å². The SMILES string of the molecule is OCC#C/C(=C\C(CC[Se]c1ccccc1)=C(c1ccccc1)c1ccccc1)CO. The fourth-order valence-corrected chi connectivity index (χ4v) is 5.20. The van der Waals surface area contributed by atoms with E-state index in [1.54, 1.807) is 0 Å². The molecule has 0 heterocycles. The van der Waals surface area contributed by atoms with Crippen LogP contribution in [-0.2, 0) is 0 Å². The third-order valence-corrected chi connectivity index (χ3v) is 6.80. The molecule has 2 N–H and O–H groups in total. The average molecular weight is 473 g/mol. The van der Waals surface area contributed by atoms with Crippen molar-refractivity contribution in [2.24, 2.45) is 0 Å². The fourth-order valence-electron chi connectivity index (χ4n) is 3.30. The summed E-state index contributed by atoms with van der Waals surface area (Å²) in [6, 6.07) is 31.3. The summed E-state index contributed by atoms with van der Waals surface area (Å²) in [6.45, 7) is -0.380. The minimum absolute atomic E-state index is 0.156. The molecule has 0 aromatic heterocycles. The molecule has 0 radical (unpaired) electrons. The molecule has 0 amide bonds. The number of hydrogen-bond acceptors (Lipinski definition) is 2. The van der Waals surface area contributed by atoms with E-state index < -0.39 is 0 Å². The Morgan fingerprint density at radius 1 is 0.774 bits per heavy atom. The first kappa shape index (κ1) is 22.8. The quantitative estimate of drug-likeness (QED) is 0.292. The zero-order chi connectivity index (χ0) is 21.7. The molecule has 0 bridgehead atoms. The van der Waals surface area contributed by atoms with E-state index in [9.17, 15) is 5.11 Å². The van der Waals surface area contributed by atoms with Gasteiger partial charge in [-0.05, 0) is 0 Å². The summed E-state index contributed by atoms with van der Waals surface area (Å²) in [4.78, 5) is 0. The van der Waals surface area contributed by atoms with Crippen molar-refractivity contribution < 1.29 is 10.2 Å². The van der Waals surface area contributed by atoms with E-state index in [-0.39, 0.29) is 13.2 Å². The molecule has 3 aromatic carbocycles. The Morgan fingerprint density at radius 2 is 1.32 bits per heavy atom. The number of benzene rings is 3. The van der Waals surface area contributed by atoms with Crippen LogP contribution in [0.2, 0.25) is 5.32 Å². The summed E-state index contributed by atoms with van der Waals surface area (Å²) in [5, 5.41) is 20.0. The first-order chi connectivity index (χ1) is 15.3. The average Bonchev–Trinajstić information content (AvgIpc) is 2.83. The van der Waals surface area contributed by atoms with E-state index >= 15 is 0 Å². The predicted molar refractivity (Wildman–Crippen MR) is 130 cm³/mol. The second-order valence-electron chi connectivity index (χ2n) is 6.83. The van der Waals surface area contributed by atoms with Crippen LogP contribution < -0.4 is 4.46 Å².